The maximum atomic E-state index is 12.2. The predicted molar refractivity (Wildman–Crippen MR) is 82.3 cm³/mol. The van der Waals surface area contributed by atoms with E-state index in [0.29, 0.717) is 6.42 Å². The number of likely N-dealkylation sites (N-methyl/N-ethyl adjacent to an activating group) is 1. The number of aliphatic hydroxyl groups is 1. The van der Waals surface area contributed by atoms with E-state index in [1.807, 2.05) is 4.90 Å². The first-order valence-electron chi connectivity index (χ1n) is 7.87. The molecule has 0 saturated carbocycles. The van der Waals surface area contributed by atoms with Crippen molar-refractivity contribution >= 4 is 5.91 Å². The number of aliphatic hydroxyl groups excluding tert-OH is 1. The lowest BCUT2D eigenvalue weighted by Gasteiger charge is -2.32. The SMILES string of the molecule is CN1CCN(C(=O)CCc2ccc3c(c2)CC(O)C3)CC1. The second-order valence-corrected chi connectivity index (χ2v) is 6.35. The van der Waals surface area contributed by atoms with Crippen LogP contribution in [0.3, 0.4) is 0 Å². The number of rotatable bonds is 3. The first-order valence-corrected chi connectivity index (χ1v) is 7.87. The fraction of sp³-hybridized carbons (Fsp3) is 0.588. The average Bonchev–Trinajstić information content (AvgIpc) is 2.84. The molecule has 4 heteroatoms. The highest BCUT2D eigenvalue weighted by Gasteiger charge is 2.21. The molecule has 1 N–H and O–H groups in total. The summed E-state index contributed by atoms with van der Waals surface area (Å²) in [4.78, 5) is 16.5. The van der Waals surface area contributed by atoms with Gasteiger partial charge in [-0.2, -0.15) is 0 Å². The summed E-state index contributed by atoms with van der Waals surface area (Å²) in [6, 6.07) is 6.39. The zero-order valence-corrected chi connectivity index (χ0v) is 12.7. The molecule has 3 rings (SSSR count). The van der Waals surface area contributed by atoms with Crippen LogP contribution in [-0.4, -0.2) is 60.1 Å². The number of carbonyl (C=O) groups is 1. The first-order chi connectivity index (χ1) is 10.1. The fourth-order valence-corrected chi connectivity index (χ4v) is 3.27. The Morgan fingerprint density at radius 2 is 1.90 bits per heavy atom. The van der Waals surface area contributed by atoms with Gasteiger partial charge in [0.1, 0.15) is 0 Å². The highest BCUT2D eigenvalue weighted by Crippen LogP contribution is 2.24. The molecule has 4 nitrogen and oxygen atoms in total. The number of benzene rings is 1. The van der Waals surface area contributed by atoms with Gasteiger partial charge < -0.3 is 14.9 Å². The zero-order chi connectivity index (χ0) is 14.8. The van der Waals surface area contributed by atoms with Crippen LogP contribution in [0.25, 0.3) is 0 Å². The second-order valence-electron chi connectivity index (χ2n) is 6.35. The molecule has 1 saturated heterocycles. The molecule has 1 heterocycles. The van der Waals surface area contributed by atoms with Crippen molar-refractivity contribution in [3.63, 3.8) is 0 Å². The topological polar surface area (TPSA) is 43.8 Å². The molecule has 1 amide bonds. The van der Waals surface area contributed by atoms with E-state index in [4.69, 9.17) is 0 Å². The van der Waals surface area contributed by atoms with E-state index in [9.17, 15) is 9.90 Å². The Morgan fingerprint density at radius 1 is 1.19 bits per heavy atom. The number of amides is 1. The standard InChI is InChI=1S/C17H24N2O2/c1-18-6-8-19(9-7-18)17(21)5-3-13-2-4-14-11-16(20)12-15(14)10-13/h2,4,10,16,20H,3,5-9,11-12H2,1H3. The van der Waals surface area contributed by atoms with Gasteiger partial charge in [0.2, 0.25) is 5.91 Å². The zero-order valence-electron chi connectivity index (χ0n) is 12.7. The van der Waals surface area contributed by atoms with Crippen LogP contribution in [0.1, 0.15) is 23.1 Å². The van der Waals surface area contributed by atoms with Crippen LogP contribution in [0.2, 0.25) is 0 Å². The largest absolute Gasteiger partial charge is 0.392 e. The molecule has 1 fully saturated rings. The average molecular weight is 288 g/mol. The molecule has 1 atom stereocenters. The van der Waals surface area contributed by atoms with Crippen molar-refractivity contribution in [1.29, 1.82) is 0 Å². The van der Waals surface area contributed by atoms with Crippen molar-refractivity contribution in [3.8, 4) is 0 Å². The summed E-state index contributed by atoms with van der Waals surface area (Å²) in [5.41, 5.74) is 3.73. The van der Waals surface area contributed by atoms with Gasteiger partial charge in [0.25, 0.3) is 0 Å². The molecule has 114 valence electrons. The van der Waals surface area contributed by atoms with Crippen LogP contribution >= 0.6 is 0 Å². The Labute approximate surface area is 126 Å². The van der Waals surface area contributed by atoms with Crippen LogP contribution in [0, 0.1) is 0 Å². The Kier molecular flexibility index (Phi) is 4.27. The highest BCUT2D eigenvalue weighted by molar-refractivity contribution is 5.76. The lowest BCUT2D eigenvalue weighted by atomic mass is 10.0. The molecule has 1 aliphatic carbocycles. The summed E-state index contributed by atoms with van der Waals surface area (Å²) in [6.07, 6.45) is 2.70. The minimum atomic E-state index is -0.220. The lowest BCUT2D eigenvalue weighted by molar-refractivity contribution is -0.132. The summed E-state index contributed by atoms with van der Waals surface area (Å²) in [5, 5.41) is 9.69. The molecule has 0 radical (unpaired) electrons. The van der Waals surface area contributed by atoms with Crippen molar-refractivity contribution < 1.29 is 9.90 Å². The molecule has 1 aliphatic heterocycles. The molecule has 0 aromatic heterocycles. The van der Waals surface area contributed by atoms with Crippen molar-refractivity contribution in [3.05, 3.63) is 34.9 Å². The van der Waals surface area contributed by atoms with Gasteiger partial charge in [-0.1, -0.05) is 18.2 Å². The van der Waals surface area contributed by atoms with E-state index in [2.05, 4.69) is 30.1 Å². The number of hydrogen-bond acceptors (Lipinski definition) is 3. The van der Waals surface area contributed by atoms with E-state index in [1.165, 1.54) is 16.7 Å². The van der Waals surface area contributed by atoms with Crippen LogP contribution in [0.15, 0.2) is 18.2 Å². The second kappa shape index (κ2) is 6.16. The quantitative estimate of drug-likeness (QED) is 0.897. The lowest BCUT2D eigenvalue weighted by Crippen LogP contribution is -2.47. The number of carbonyl (C=O) groups excluding carboxylic acids is 1. The number of aryl methyl sites for hydroxylation is 1. The van der Waals surface area contributed by atoms with Gasteiger partial charge in [-0.05, 0) is 43.0 Å². The summed E-state index contributed by atoms with van der Waals surface area (Å²) in [6.45, 7) is 3.66. The molecule has 21 heavy (non-hydrogen) atoms. The summed E-state index contributed by atoms with van der Waals surface area (Å²) in [7, 11) is 2.10. The number of hydrogen-bond donors (Lipinski definition) is 1. The normalized spacial score (nSPS) is 22.4. The van der Waals surface area contributed by atoms with Gasteiger partial charge in [-0.15, -0.1) is 0 Å². The Balaban J connectivity index is 1.53. The molecule has 0 bridgehead atoms. The first kappa shape index (κ1) is 14.5. The number of fused-ring (bicyclic) bond motifs is 1. The predicted octanol–water partition coefficient (Wildman–Crippen LogP) is 0.853. The molecule has 1 aromatic carbocycles. The minimum absolute atomic E-state index is 0.220. The van der Waals surface area contributed by atoms with Gasteiger partial charge >= 0.3 is 0 Å². The molecular formula is C17H24N2O2. The Bertz CT molecular complexity index is 522. The maximum absolute atomic E-state index is 12.2. The van der Waals surface area contributed by atoms with E-state index in [-0.39, 0.29) is 12.0 Å². The van der Waals surface area contributed by atoms with Crippen LogP contribution in [0.4, 0.5) is 0 Å². The number of nitrogens with zero attached hydrogens (tertiary/aromatic N) is 2. The van der Waals surface area contributed by atoms with Gasteiger partial charge in [-0.25, -0.2) is 0 Å². The van der Waals surface area contributed by atoms with Gasteiger partial charge in [0.05, 0.1) is 6.10 Å². The summed E-state index contributed by atoms with van der Waals surface area (Å²) < 4.78 is 0. The third kappa shape index (κ3) is 3.44. The molecule has 1 unspecified atom stereocenters. The summed E-state index contributed by atoms with van der Waals surface area (Å²) >= 11 is 0. The Morgan fingerprint density at radius 3 is 2.67 bits per heavy atom. The fourth-order valence-electron chi connectivity index (χ4n) is 3.27. The third-order valence-electron chi connectivity index (χ3n) is 4.67. The van der Waals surface area contributed by atoms with E-state index >= 15 is 0 Å². The molecular weight excluding hydrogens is 264 g/mol. The maximum Gasteiger partial charge on any atom is 0.222 e. The van der Waals surface area contributed by atoms with E-state index in [1.54, 1.807) is 0 Å². The van der Waals surface area contributed by atoms with E-state index < -0.39 is 0 Å². The molecule has 1 aromatic rings. The summed E-state index contributed by atoms with van der Waals surface area (Å²) in [5.74, 6) is 0.267. The van der Waals surface area contributed by atoms with Crippen molar-refractivity contribution in [2.45, 2.75) is 31.8 Å². The van der Waals surface area contributed by atoms with E-state index in [0.717, 1.165) is 45.4 Å². The third-order valence-corrected chi connectivity index (χ3v) is 4.67. The Hall–Kier alpha value is -1.39. The molecule has 2 aliphatic rings. The van der Waals surface area contributed by atoms with Crippen LogP contribution in [-0.2, 0) is 24.1 Å². The highest BCUT2D eigenvalue weighted by atomic mass is 16.3. The van der Waals surface area contributed by atoms with Crippen molar-refractivity contribution in [2.75, 3.05) is 33.2 Å². The molecule has 0 spiro atoms. The number of piperazine rings is 1. The van der Waals surface area contributed by atoms with Gasteiger partial charge in [-0.3, -0.25) is 4.79 Å². The monoisotopic (exact) mass is 288 g/mol. The van der Waals surface area contributed by atoms with Crippen molar-refractivity contribution in [1.82, 2.24) is 9.80 Å². The van der Waals surface area contributed by atoms with Gasteiger partial charge in [0, 0.05) is 32.6 Å². The van der Waals surface area contributed by atoms with Crippen LogP contribution in [0.5, 0.6) is 0 Å². The van der Waals surface area contributed by atoms with Gasteiger partial charge in [0.15, 0.2) is 0 Å². The minimum Gasteiger partial charge on any atom is -0.392 e. The smallest absolute Gasteiger partial charge is 0.222 e. The van der Waals surface area contributed by atoms with Crippen LogP contribution < -0.4 is 0 Å². The van der Waals surface area contributed by atoms with Crippen molar-refractivity contribution in [2.24, 2.45) is 0 Å².